The molecule has 1 saturated heterocycles. The maximum absolute atomic E-state index is 11.7. The lowest BCUT2D eigenvalue weighted by Gasteiger charge is -2.33. The fraction of sp³-hybridized carbons (Fsp3) is 0.800. The van der Waals surface area contributed by atoms with Crippen LogP contribution in [-0.4, -0.2) is 54.4 Å². The van der Waals surface area contributed by atoms with Crippen molar-refractivity contribution in [1.82, 2.24) is 4.90 Å². The Kier molecular flexibility index (Phi) is 4.50. The quantitative estimate of drug-likeness (QED) is 0.764. The smallest absolute Gasteiger partial charge is 0.303 e. The van der Waals surface area contributed by atoms with Gasteiger partial charge in [0, 0.05) is 25.4 Å². The molecule has 7 heteroatoms. The van der Waals surface area contributed by atoms with Gasteiger partial charge in [-0.15, -0.1) is 0 Å². The Morgan fingerprint density at radius 3 is 2.53 bits per heavy atom. The van der Waals surface area contributed by atoms with Gasteiger partial charge in [0.1, 0.15) is 0 Å². The number of carbonyl (C=O) groups excluding carboxylic acids is 1. The van der Waals surface area contributed by atoms with Crippen LogP contribution >= 0.6 is 0 Å². The number of carboxylic acid groups (broad SMARTS) is 1. The summed E-state index contributed by atoms with van der Waals surface area (Å²) in [5.41, 5.74) is 0. The summed E-state index contributed by atoms with van der Waals surface area (Å²) in [4.78, 5) is 23.6. The zero-order valence-corrected chi connectivity index (χ0v) is 10.6. The van der Waals surface area contributed by atoms with Crippen LogP contribution in [0, 0.1) is 0 Å². The zero-order chi connectivity index (χ0) is 13.1. The monoisotopic (exact) mass is 263 g/mol. The average Bonchev–Trinajstić information content (AvgIpc) is 2.14. The fourth-order valence-electron chi connectivity index (χ4n) is 1.90. The first-order chi connectivity index (χ1) is 7.82. The summed E-state index contributed by atoms with van der Waals surface area (Å²) in [7, 11) is -3.02. The maximum Gasteiger partial charge on any atom is 0.303 e. The number of amides is 1. The molecule has 98 valence electrons. The first-order valence-electron chi connectivity index (χ1n) is 5.53. The lowest BCUT2D eigenvalue weighted by Crippen LogP contribution is -2.49. The van der Waals surface area contributed by atoms with Gasteiger partial charge < -0.3 is 10.0 Å². The molecule has 1 unspecified atom stereocenters. The number of rotatable bonds is 4. The SMILES string of the molecule is CC1CS(=O)(=O)CCN1C(=O)CCCC(=O)O. The van der Waals surface area contributed by atoms with Crippen LogP contribution in [0.1, 0.15) is 26.2 Å². The highest BCUT2D eigenvalue weighted by molar-refractivity contribution is 7.91. The van der Waals surface area contributed by atoms with Gasteiger partial charge in [0.25, 0.3) is 0 Å². The minimum atomic E-state index is -3.02. The summed E-state index contributed by atoms with van der Waals surface area (Å²) in [6, 6.07) is -0.314. The van der Waals surface area contributed by atoms with Gasteiger partial charge in [-0.05, 0) is 13.3 Å². The van der Waals surface area contributed by atoms with Crippen molar-refractivity contribution in [2.45, 2.75) is 32.2 Å². The van der Waals surface area contributed by atoms with Crippen molar-refractivity contribution < 1.29 is 23.1 Å². The second kappa shape index (κ2) is 5.48. The van der Waals surface area contributed by atoms with Crippen LogP contribution in [0.4, 0.5) is 0 Å². The predicted molar refractivity (Wildman–Crippen MR) is 61.3 cm³/mol. The molecule has 1 rings (SSSR count). The van der Waals surface area contributed by atoms with E-state index in [1.807, 2.05) is 0 Å². The summed E-state index contributed by atoms with van der Waals surface area (Å²) in [6.45, 7) is 1.92. The van der Waals surface area contributed by atoms with Crippen molar-refractivity contribution in [3.8, 4) is 0 Å². The fourth-order valence-corrected chi connectivity index (χ4v) is 3.46. The van der Waals surface area contributed by atoms with Gasteiger partial charge in [0.2, 0.25) is 5.91 Å². The molecule has 0 aromatic heterocycles. The lowest BCUT2D eigenvalue weighted by molar-refractivity contribution is -0.137. The van der Waals surface area contributed by atoms with E-state index < -0.39 is 15.8 Å². The van der Waals surface area contributed by atoms with E-state index in [0.717, 1.165) is 0 Å². The molecule has 1 amide bonds. The van der Waals surface area contributed by atoms with Gasteiger partial charge in [-0.25, -0.2) is 8.42 Å². The van der Waals surface area contributed by atoms with Crippen LogP contribution in [0.25, 0.3) is 0 Å². The number of nitrogens with zero attached hydrogens (tertiary/aromatic N) is 1. The van der Waals surface area contributed by atoms with E-state index in [2.05, 4.69) is 0 Å². The third kappa shape index (κ3) is 4.33. The molecule has 1 atom stereocenters. The molecule has 0 saturated carbocycles. The molecule has 1 aliphatic heterocycles. The number of hydrogen-bond acceptors (Lipinski definition) is 4. The number of hydrogen-bond donors (Lipinski definition) is 1. The van der Waals surface area contributed by atoms with Gasteiger partial charge in [-0.1, -0.05) is 0 Å². The molecule has 17 heavy (non-hydrogen) atoms. The van der Waals surface area contributed by atoms with Crippen molar-refractivity contribution in [3.63, 3.8) is 0 Å². The number of carbonyl (C=O) groups is 2. The Bertz CT molecular complexity index is 403. The molecular weight excluding hydrogens is 246 g/mol. The minimum absolute atomic E-state index is 0.00199. The van der Waals surface area contributed by atoms with E-state index in [4.69, 9.17) is 5.11 Å². The first kappa shape index (κ1) is 14.0. The van der Waals surface area contributed by atoms with Gasteiger partial charge in [-0.2, -0.15) is 0 Å². The van der Waals surface area contributed by atoms with Gasteiger partial charge in [0.05, 0.1) is 11.5 Å². The second-order valence-electron chi connectivity index (χ2n) is 4.30. The second-order valence-corrected chi connectivity index (χ2v) is 6.53. The first-order valence-corrected chi connectivity index (χ1v) is 7.35. The molecule has 1 heterocycles. The highest BCUT2D eigenvalue weighted by Crippen LogP contribution is 2.13. The molecule has 0 aromatic carbocycles. The molecule has 6 nitrogen and oxygen atoms in total. The van der Waals surface area contributed by atoms with E-state index in [0.29, 0.717) is 6.42 Å². The third-order valence-electron chi connectivity index (χ3n) is 2.77. The molecule has 1 fully saturated rings. The van der Waals surface area contributed by atoms with Crippen molar-refractivity contribution in [2.24, 2.45) is 0 Å². The third-order valence-corrected chi connectivity index (χ3v) is 4.57. The molecule has 0 aliphatic carbocycles. The van der Waals surface area contributed by atoms with Crippen LogP contribution in [0.5, 0.6) is 0 Å². The minimum Gasteiger partial charge on any atom is -0.481 e. The summed E-state index contributed by atoms with van der Waals surface area (Å²) >= 11 is 0. The molecule has 0 radical (unpaired) electrons. The summed E-state index contributed by atoms with van der Waals surface area (Å²) in [5, 5.41) is 8.45. The van der Waals surface area contributed by atoms with Gasteiger partial charge >= 0.3 is 5.97 Å². The van der Waals surface area contributed by atoms with E-state index >= 15 is 0 Å². The summed E-state index contributed by atoms with van der Waals surface area (Å²) in [6.07, 6.45) is 0.424. The Morgan fingerprint density at radius 2 is 2.00 bits per heavy atom. The number of carboxylic acids is 1. The predicted octanol–water partition coefficient (Wildman–Crippen LogP) is -0.113. The van der Waals surface area contributed by atoms with Gasteiger partial charge in [-0.3, -0.25) is 9.59 Å². The zero-order valence-electron chi connectivity index (χ0n) is 9.76. The van der Waals surface area contributed by atoms with Crippen molar-refractivity contribution >= 4 is 21.7 Å². The van der Waals surface area contributed by atoms with Crippen LogP contribution in [0.15, 0.2) is 0 Å². The molecule has 1 N–H and O–H groups in total. The van der Waals surface area contributed by atoms with Crippen molar-refractivity contribution in [3.05, 3.63) is 0 Å². The average molecular weight is 263 g/mol. The molecule has 0 bridgehead atoms. The Balaban J connectivity index is 2.45. The molecule has 1 aliphatic rings. The van der Waals surface area contributed by atoms with Crippen molar-refractivity contribution in [2.75, 3.05) is 18.1 Å². The van der Waals surface area contributed by atoms with E-state index in [9.17, 15) is 18.0 Å². The summed E-state index contributed by atoms with van der Waals surface area (Å²) < 4.78 is 22.6. The molecule has 0 spiro atoms. The van der Waals surface area contributed by atoms with E-state index in [-0.39, 0.29) is 42.8 Å². The van der Waals surface area contributed by atoms with Crippen LogP contribution in [0.3, 0.4) is 0 Å². The standard InChI is InChI=1S/C10H17NO5S/c1-8-7-17(15,16)6-5-11(8)9(12)3-2-4-10(13)14/h8H,2-7H2,1H3,(H,13,14). The lowest BCUT2D eigenvalue weighted by atomic mass is 10.2. The van der Waals surface area contributed by atoms with Gasteiger partial charge in [0.15, 0.2) is 9.84 Å². The Labute approximate surface area is 101 Å². The largest absolute Gasteiger partial charge is 0.481 e. The highest BCUT2D eigenvalue weighted by Gasteiger charge is 2.30. The van der Waals surface area contributed by atoms with E-state index in [1.165, 1.54) is 4.90 Å². The Hall–Kier alpha value is -1.11. The number of sulfone groups is 1. The van der Waals surface area contributed by atoms with Crippen LogP contribution in [-0.2, 0) is 19.4 Å². The normalized spacial score (nSPS) is 23.4. The number of aliphatic carboxylic acids is 1. The Morgan fingerprint density at radius 1 is 1.35 bits per heavy atom. The summed E-state index contributed by atoms with van der Waals surface area (Å²) in [5.74, 6) is -1.08. The maximum atomic E-state index is 11.7. The molecular formula is C10H17NO5S. The van der Waals surface area contributed by atoms with Crippen LogP contribution in [0.2, 0.25) is 0 Å². The highest BCUT2D eigenvalue weighted by atomic mass is 32.2. The molecule has 0 aromatic rings. The van der Waals surface area contributed by atoms with Crippen molar-refractivity contribution in [1.29, 1.82) is 0 Å². The van der Waals surface area contributed by atoms with E-state index in [1.54, 1.807) is 6.92 Å². The topological polar surface area (TPSA) is 91.8 Å². The van der Waals surface area contributed by atoms with Crippen LogP contribution < -0.4 is 0 Å².